The lowest BCUT2D eigenvalue weighted by Crippen LogP contribution is -2.21. The second kappa shape index (κ2) is 5.25. The molecule has 1 N–H and O–H groups in total. The average molecular weight is 286 g/mol. The molecular formula is C14H18N6O. The summed E-state index contributed by atoms with van der Waals surface area (Å²) in [4.78, 5) is 8.63. The molecule has 0 saturated carbocycles. The van der Waals surface area contributed by atoms with Crippen molar-refractivity contribution in [3.63, 3.8) is 0 Å². The zero-order valence-corrected chi connectivity index (χ0v) is 12.6. The Morgan fingerprint density at radius 2 is 2.14 bits per heavy atom. The van der Waals surface area contributed by atoms with Gasteiger partial charge in [-0.3, -0.25) is 0 Å². The molecule has 0 spiro atoms. The first-order valence-corrected chi connectivity index (χ1v) is 6.89. The van der Waals surface area contributed by atoms with Crippen LogP contribution in [0.15, 0.2) is 16.8 Å². The van der Waals surface area contributed by atoms with Crippen molar-refractivity contribution in [3.8, 4) is 0 Å². The Morgan fingerprint density at radius 1 is 1.33 bits per heavy atom. The van der Waals surface area contributed by atoms with Crippen molar-refractivity contribution in [2.75, 3.05) is 0 Å². The highest BCUT2D eigenvalue weighted by Gasteiger charge is 2.13. The van der Waals surface area contributed by atoms with Crippen molar-refractivity contribution in [1.82, 2.24) is 30.1 Å². The van der Waals surface area contributed by atoms with E-state index < -0.39 is 0 Å². The fourth-order valence-electron chi connectivity index (χ4n) is 2.37. The molecule has 0 aliphatic heterocycles. The van der Waals surface area contributed by atoms with Crippen molar-refractivity contribution in [2.45, 2.75) is 40.3 Å². The number of nitrogens with one attached hydrogen (secondary N) is 1. The number of rotatable bonds is 4. The van der Waals surface area contributed by atoms with Gasteiger partial charge < -0.3 is 9.84 Å². The van der Waals surface area contributed by atoms with E-state index in [1.165, 1.54) is 0 Å². The molecule has 0 aromatic carbocycles. The quantitative estimate of drug-likeness (QED) is 0.788. The maximum absolute atomic E-state index is 4.96. The molecule has 3 heterocycles. The highest BCUT2D eigenvalue weighted by Crippen LogP contribution is 2.18. The van der Waals surface area contributed by atoms with Crippen molar-refractivity contribution in [2.24, 2.45) is 0 Å². The molecule has 3 aromatic rings. The number of hydrogen-bond acceptors (Lipinski definition) is 6. The van der Waals surface area contributed by atoms with Gasteiger partial charge >= 0.3 is 0 Å². The van der Waals surface area contributed by atoms with Gasteiger partial charge in [0.2, 0.25) is 5.89 Å². The molecule has 1 unspecified atom stereocenters. The molecule has 0 amide bonds. The smallest absolute Gasteiger partial charge is 0.223 e. The summed E-state index contributed by atoms with van der Waals surface area (Å²) in [5.41, 5.74) is 4.02. The van der Waals surface area contributed by atoms with Crippen LogP contribution in [-0.4, -0.2) is 24.7 Å². The molecule has 0 radical (unpaired) electrons. The van der Waals surface area contributed by atoms with Crippen molar-refractivity contribution >= 4 is 5.65 Å². The monoisotopic (exact) mass is 286 g/mol. The average Bonchev–Trinajstić information content (AvgIpc) is 3.02. The predicted molar refractivity (Wildman–Crippen MR) is 76.8 cm³/mol. The summed E-state index contributed by atoms with van der Waals surface area (Å²) in [5.74, 6) is 1.23. The van der Waals surface area contributed by atoms with E-state index in [2.05, 4.69) is 32.5 Å². The maximum atomic E-state index is 4.96. The van der Waals surface area contributed by atoms with Gasteiger partial charge in [0.15, 0.2) is 11.5 Å². The fourth-order valence-corrected chi connectivity index (χ4v) is 2.37. The first kappa shape index (κ1) is 13.7. The Balaban J connectivity index is 1.80. The second-order valence-electron chi connectivity index (χ2n) is 5.19. The van der Waals surface area contributed by atoms with E-state index in [1.54, 1.807) is 6.92 Å². The van der Waals surface area contributed by atoms with Crippen LogP contribution in [0.25, 0.3) is 5.65 Å². The standard InChI is InChI=1S/C14H18N6O/c1-8-5-14-16-6-12(10(3)20(14)18-8)9(2)15-7-13-17-11(4)21-19-13/h5-6,9,15H,7H2,1-4H3. The van der Waals surface area contributed by atoms with Crippen LogP contribution in [0.3, 0.4) is 0 Å². The first-order chi connectivity index (χ1) is 10.0. The molecule has 1 atom stereocenters. The summed E-state index contributed by atoms with van der Waals surface area (Å²) in [6.07, 6.45) is 1.89. The van der Waals surface area contributed by atoms with Gasteiger partial charge in [-0.25, -0.2) is 9.50 Å². The number of aromatic nitrogens is 5. The summed E-state index contributed by atoms with van der Waals surface area (Å²) >= 11 is 0. The molecule has 0 saturated heterocycles. The summed E-state index contributed by atoms with van der Waals surface area (Å²) in [6, 6.07) is 2.09. The second-order valence-corrected chi connectivity index (χ2v) is 5.19. The zero-order valence-electron chi connectivity index (χ0n) is 12.6. The van der Waals surface area contributed by atoms with Gasteiger partial charge in [0.25, 0.3) is 0 Å². The molecule has 3 aromatic heterocycles. The molecular weight excluding hydrogens is 268 g/mol. The highest BCUT2D eigenvalue weighted by molar-refractivity contribution is 5.42. The lowest BCUT2D eigenvalue weighted by Gasteiger charge is -2.15. The minimum Gasteiger partial charge on any atom is -0.340 e. The number of hydrogen-bond donors (Lipinski definition) is 1. The van der Waals surface area contributed by atoms with Crippen LogP contribution in [0.2, 0.25) is 0 Å². The highest BCUT2D eigenvalue weighted by atomic mass is 16.5. The van der Waals surface area contributed by atoms with Gasteiger partial charge in [-0.05, 0) is 20.8 Å². The van der Waals surface area contributed by atoms with E-state index >= 15 is 0 Å². The lowest BCUT2D eigenvalue weighted by molar-refractivity contribution is 0.384. The van der Waals surface area contributed by atoms with Crippen LogP contribution in [0, 0.1) is 20.8 Å². The van der Waals surface area contributed by atoms with Crippen LogP contribution in [0.5, 0.6) is 0 Å². The zero-order chi connectivity index (χ0) is 15.0. The molecule has 7 heteroatoms. The van der Waals surface area contributed by atoms with Crippen molar-refractivity contribution in [3.05, 3.63) is 40.9 Å². The predicted octanol–water partition coefficient (Wildman–Crippen LogP) is 1.89. The molecule has 3 rings (SSSR count). The van der Waals surface area contributed by atoms with Crippen molar-refractivity contribution < 1.29 is 4.52 Å². The van der Waals surface area contributed by atoms with E-state index in [9.17, 15) is 0 Å². The maximum Gasteiger partial charge on any atom is 0.223 e. The Morgan fingerprint density at radius 3 is 2.86 bits per heavy atom. The summed E-state index contributed by atoms with van der Waals surface area (Å²) < 4.78 is 6.84. The van der Waals surface area contributed by atoms with E-state index in [0.29, 0.717) is 18.3 Å². The normalized spacial score (nSPS) is 13.0. The van der Waals surface area contributed by atoms with Crippen LogP contribution in [-0.2, 0) is 6.54 Å². The Labute approximate surface area is 122 Å². The molecule has 0 aliphatic rings. The van der Waals surface area contributed by atoms with Crippen LogP contribution < -0.4 is 5.32 Å². The minimum absolute atomic E-state index is 0.116. The molecule has 0 bridgehead atoms. The van der Waals surface area contributed by atoms with E-state index in [-0.39, 0.29) is 6.04 Å². The third kappa shape index (κ3) is 2.64. The Kier molecular flexibility index (Phi) is 3.42. The third-order valence-corrected chi connectivity index (χ3v) is 3.49. The van der Waals surface area contributed by atoms with E-state index in [4.69, 9.17) is 4.52 Å². The van der Waals surface area contributed by atoms with E-state index in [0.717, 1.165) is 22.6 Å². The largest absolute Gasteiger partial charge is 0.340 e. The Bertz CT molecular complexity index is 775. The van der Waals surface area contributed by atoms with Gasteiger partial charge in [0, 0.05) is 36.5 Å². The van der Waals surface area contributed by atoms with E-state index in [1.807, 2.05) is 30.6 Å². The molecule has 110 valence electrons. The third-order valence-electron chi connectivity index (χ3n) is 3.49. The van der Waals surface area contributed by atoms with Gasteiger partial charge in [-0.15, -0.1) is 0 Å². The van der Waals surface area contributed by atoms with Gasteiger partial charge in [-0.2, -0.15) is 10.1 Å². The van der Waals surface area contributed by atoms with Crippen molar-refractivity contribution in [1.29, 1.82) is 0 Å². The van der Waals surface area contributed by atoms with Crippen LogP contribution >= 0.6 is 0 Å². The minimum atomic E-state index is 0.116. The first-order valence-electron chi connectivity index (χ1n) is 6.89. The molecule has 0 aliphatic carbocycles. The van der Waals surface area contributed by atoms with Crippen LogP contribution in [0.4, 0.5) is 0 Å². The lowest BCUT2D eigenvalue weighted by atomic mass is 10.1. The topological polar surface area (TPSA) is 81.1 Å². The number of fused-ring (bicyclic) bond motifs is 1. The molecule has 7 nitrogen and oxygen atoms in total. The number of nitrogens with zero attached hydrogens (tertiary/aromatic N) is 5. The SMILES string of the molecule is Cc1cc2ncc(C(C)NCc3noc(C)n3)c(C)n2n1. The summed E-state index contributed by atoms with van der Waals surface area (Å²) in [7, 11) is 0. The number of aryl methyl sites for hydroxylation is 3. The van der Waals surface area contributed by atoms with Gasteiger partial charge in [0.1, 0.15) is 0 Å². The summed E-state index contributed by atoms with van der Waals surface area (Å²) in [6.45, 7) is 8.43. The van der Waals surface area contributed by atoms with Gasteiger partial charge in [0.05, 0.1) is 12.2 Å². The van der Waals surface area contributed by atoms with Crippen LogP contribution in [0.1, 0.15) is 41.6 Å². The summed E-state index contributed by atoms with van der Waals surface area (Å²) in [5, 5.41) is 11.7. The molecule has 0 fully saturated rings. The fraction of sp³-hybridized carbons (Fsp3) is 0.429. The van der Waals surface area contributed by atoms with Gasteiger partial charge in [-0.1, -0.05) is 5.16 Å². The Hall–Kier alpha value is -2.28. The molecule has 21 heavy (non-hydrogen) atoms.